The molecule has 1 nitrogen and oxygen atoms in total. The molecule has 1 rings (SSSR count). The van der Waals surface area contributed by atoms with E-state index in [1.807, 2.05) is 0 Å². The van der Waals surface area contributed by atoms with Gasteiger partial charge in [0.2, 0.25) is 0 Å². The minimum absolute atomic E-state index is 0.268. The highest BCUT2D eigenvalue weighted by Gasteiger charge is 2.00. The number of phenols is 1. The maximum absolute atomic E-state index is 12.8. The highest BCUT2D eigenvalue weighted by molar-refractivity contribution is 5.27. The summed E-state index contributed by atoms with van der Waals surface area (Å²) in [5.41, 5.74) is 0.951. The number of aryl methyl sites for hydroxylation is 1. The second-order valence-corrected chi connectivity index (χ2v) is 2.89. The van der Waals surface area contributed by atoms with E-state index in [-0.39, 0.29) is 5.75 Å². The van der Waals surface area contributed by atoms with Crippen molar-refractivity contribution in [3.63, 3.8) is 0 Å². The van der Waals surface area contributed by atoms with Crippen molar-refractivity contribution >= 4 is 0 Å². The fourth-order valence-electron chi connectivity index (χ4n) is 1.09. The third kappa shape index (κ3) is 2.22. The van der Waals surface area contributed by atoms with Gasteiger partial charge in [0.25, 0.3) is 0 Å². The van der Waals surface area contributed by atoms with E-state index in [0.717, 1.165) is 24.8 Å². The SMILES string of the molecule is CCCCc1ccc(O)c(F)c1. The summed E-state index contributed by atoms with van der Waals surface area (Å²) in [7, 11) is 0. The summed E-state index contributed by atoms with van der Waals surface area (Å²) in [5.74, 6) is -0.793. The van der Waals surface area contributed by atoms with Crippen LogP contribution in [0, 0.1) is 5.82 Å². The Balaban J connectivity index is 2.69. The normalized spacial score (nSPS) is 10.2. The molecule has 0 spiro atoms. The van der Waals surface area contributed by atoms with Gasteiger partial charge in [0.1, 0.15) is 0 Å². The molecule has 0 saturated heterocycles. The Labute approximate surface area is 71.9 Å². The van der Waals surface area contributed by atoms with Crippen LogP contribution in [0.2, 0.25) is 0 Å². The Hall–Kier alpha value is -1.05. The standard InChI is InChI=1S/C10H13FO/c1-2-3-4-8-5-6-10(12)9(11)7-8/h5-7,12H,2-4H2,1H3. The minimum atomic E-state index is -0.524. The van der Waals surface area contributed by atoms with E-state index >= 15 is 0 Å². The van der Waals surface area contributed by atoms with Gasteiger partial charge in [-0.25, -0.2) is 4.39 Å². The highest BCUT2D eigenvalue weighted by atomic mass is 19.1. The van der Waals surface area contributed by atoms with Crippen molar-refractivity contribution in [2.24, 2.45) is 0 Å². The van der Waals surface area contributed by atoms with Gasteiger partial charge in [0, 0.05) is 0 Å². The molecule has 0 atom stereocenters. The Bertz CT molecular complexity index is 258. The van der Waals surface area contributed by atoms with Crippen molar-refractivity contribution in [3.8, 4) is 5.75 Å². The number of phenolic OH excluding ortho intramolecular Hbond substituents is 1. The molecule has 0 aliphatic heterocycles. The summed E-state index contributed by atoms with van der Waals surface area (Å²) in [6, 6.07) is 4.55. The molecule has 1 aromatic carbocycles. The molecule has 1 aromatic rings. The average molecular weight is 168 g/mol. The number of benzene rings is 1. The molecule has 0 unspecified atom stereocenters. The van der Waals surface area contributed by atoms with E-state index in [2.05, 4.69) is 6.92 Å². The Morgan fingerprint density at radius 2 is 2.17 bits per heavy atom. The smallest absolute Gasteiger partial charge is 0.165 e. The first-order valence-corrected chi connectivity index (χ1v) is 4.21. The average Bonchev–Trinajstić information content (AvgIpc) is 2.07. The molecular formula is C10H13FO. The van der Waals surface area contributed by atoms with E-state index in [1.54, 1.807) is 6.07 Å². The molecule has 0 radical (unpaired) electrons. The van der Waals surface area contributed by atoms with Crippen molar-refractivity contribution in [1.29, 1.82) is 0 Å². The summed E-state index contributed by atoms with van der Waals surface area (Å²) in [5, 5.41) is 8.89. The molecule has 0 aliphatic rings. The van der Waals surface area contributed by atoms with E-state index in [0.29, 0.717) is 0 Å². The summed E-state index contributed by atoms with van der Waals surface area (Å²) < 4.78 is 12.8. The summed E-state index contributed by atoms with van der Waals surface area (Å²) in [6.45, 7) is 2.09. The van der Waals surface area contributed by atoms with E-state index < -0.39 is 5.82 Å². The van der Waals surface area contributed by atoms with Crippen molar-refractivity contribution in [2.45, 2.75) is 26.2 Å². The predicted molar refractivity (Wildman–Crippen MR) is 46.7 cm³/mol. The van der Waals surface area contributed by atoms with Crippen molar-refractivity contribution in [2.75, 3.05) is 0 Å². The van der Waals surface area contributed by atoms with Crippen molar-refractivity contribution < 1.29 is 9.50 Å². The van der Waals surface area contributed by atoms with Crippen LogP contribution in [-0.4, -0.2) is 5.11 Å². The monoisotopic (exact) mass is 168 g/mol. The summed E-state index contributed by atoms with van der Waals surface area (Å²) in [4.78, 5) is 0. The number of aromatic hydroxyl groups is 1. The molecule has 0 bridgehead atoms. The van der Waals surface area contributed by atoms with Gasteiger partial charge in [0.05, 0.1) is 0 Å². The maximum Gasteiger partial charge on any atom is 0.165 e. The molecule has 0 saturated carbocycles. The van der Waals surface area contributed by atoms with Gasteiger partial charge in [-0.3, -0.25) is 0 Å². The molecule has 0 amide bonds. The largest absolute Gasteiger partial charge is 0.505 e. The van der Waals surface area contributed by atoms with Gasteiger partial charge in [-0.2, -0.15) is 0 Å². The summed E-state index contributed by atoms with van der Waals surface area (Å²) >= 11 is 0. The van der Waals surface area contributed by atoms with Crippen LogP contribution in [0.25, 0.3) is 0 Å². The maximum atomic E-state index is 12.8. The molecular weight excluding hydrogens is 155 g/mol. The lowest BCUT2D eigenvalue weighted by atomic mass is 10.1. The zero-order chi connectivity index (χ0) is 8.97. The van der Waals surface area contributed by atoms with Gasteiger partial charge in [-0.1, -0.05) is 19.4 Å². The Morgan fingerprint density at radius 3 is 2.75 bits per heavy atom. The lowest BCUT2D eigenvalue weighted by molar-refractivity contribution is 0.431. The minimum Gasteiger partial charge on any atom is -0.505 e. The Kier molecular flexibility index (Phi) is 3.09. The molecule has 2 heteroatoms. The topological polar surface area (TPSA) is 20.2 Å². The molecule has 1 N–H and O–H groups in total. The van der Waals surface area contributed by atoms with Crippen LogP contribution in [0.5, 0.6) is 5.75 Å². The quantitative estimate of drug-likeness (QED) is 0.735. The van der Waals surface area contributed by atoms with Crippen LogP contribution in [-0.2, 0) is 6.42 Å². The number of hydrogen-bond acceptors (Lipinski definition) is 1. The molecule has 0 heterocycles. The second kappa shape index (κ2) is 4.10. The van der Waals surface area contributed by atoms with E-state index in [4.69, 9.17) is 5.11 Å². The van der Waals surface area contributed by atoms with E-state index in [9.17, 15) is 4.39 Å². The fourth-order valence-corrected chi connectivity index (χ4v) is 1.09. The van der Waals surface area contributed by atoms with Gasteiger partial charge in [-0.15, -0.1) is 0 Å². The molecule has 0 aromatic heterocycles. The van der Waals surface area contributed by atoms with Crippen LogP contribution in [0.3, 0.4) is 0 Å². The Morgan fingerprint density at radius 1 is 1.42 bits per heavy atom. The van der Waals surface area contributed by atoms with Crippen LogP contribution < -0.4 is 0 Å². The zero-order valence-electron chi connectivity index (χ0n) is 7.18. The van der Waals surface area contributed by atoms with Crippen LogP contribution in [0.4, 0.5) is 4.39 Å². The first-order valence-electron chi connectivity index (χ1n) is 4.21. The lowest BCUT2D eigenvalue weighted by Gasteiger charge is -2.00. The first-order chi connectivity index (χ1) is 5.74. The van der Waals surface area contributed by atoms with Gasteiger partial charge >= 0.3 is 0 Å². The van der Waals surface area contributed by atoms with Gasteiger partial charge in [-0.05, 0) is 30.5 Å². The number of unbranched alkanes of at least 4 members (excludes halogenated alkanes) is 1. The molecule has 0 aliphatic carbocycles. The third-order valence-corrected chi connectivity index (χ3v) is 1.83. The lowest BCUT2D eigenvalue weighted by Crippen LogP contribution is -1.86. The van der Waals surface area contributed by atoms with Crippen molar-refractivity contribution in [1.82, 2.24) is 0 Å². The second-order valence-electron chi connectivity index (χ2n) is 2.89. The first kappa shape index (κ1) is 9.04. The van der Waals surface area contributed by atoms with Crippen LogP contribution in [0.15, 0.2) is 18.2 Å². The highest BCUT2D eigenvalue weighted by Crippen LogP contribution is 2.17. The third-order valence-electron chi connectivity index (χ3n) is 1.83. The molecule has 12 heavy (non-hydrogen) atoms. The van der Waals surface area contributed by atoms with E-state index in [1.165, 1.54) is 12.1 Å². The number of hydrogen-bond donors (Lipinski definition) is 1. The zero-order valence-corrected chi connectivity index (χ0v) is 7.18. The fraction of sp³-hybridized carbons (Fsp3) is 0.400. The van der Waals surface area contributed by atoms with Crippen molar-refractivity contribution in [3.05, 3.63) is 29.6 Å². The van der Waals surface area contributed by atoms with Crippen LogP contribution >= 0.6 is 0 Å². The number of rotatable bonds is 3. The molecule has 0 fully saturated rings. The summed E-state index contributed by atoms with van der Waals surface area (Å²) in [6.07, 6.45) is 3.04. The van der Waals surface area contributed by atoms with Gasteiger partial charge in [0.15, 0.2) is 11.6 Å². The predicted octanol–water partition coefficient (Wildman–Crippen LogP) is 2.87. The molecule has 66 valence electrons. The van der Waals surface area contributed by atoms with Crippen LogP contribution in [0.1, 0.15) is 25.3 Å². The van der Waals surface area contributed by atoms with Gasteiger partial charge < -0.3 is 5.11 Å². The number of halogens is 1.